The maximum Gasteiger partial charge on any atom is 0.244 e. The molecule has 4 rings (SSSR count). The molecule has 0 fully saturated rings. The summed E-state index contributed by atoms with van der Waals surface area (Å²) in [7, 11) is 2.01. The third-order valence-corrected chi connectivity index (χ3v) is 5.27. The van der Waals surface area contributed by atoms with Crippen LogP contribution in [0.4, 0.5) is 5.69 Å². The van der Waals surface area contributed by atoms with E-state index in [2.05, 4.69) is 39.5 Å². The Balaban J connectivity index is 1.42. The van der Waals surface area contributed by atoms with Crippen LogP contribution in [0.3, 0.4) is 0 Å². The van der Waals surface area contributed by atoms with Gasteiger partial charge in [0.05, 0.1) is 6.54 Å². The first-order valence-electron chi connectivity index (χ1n) is 10.9. The zero-order chi connectivity index (χ0) is 22.9. The summed E-state index contributed by atoms with van der Waals surface area (Å²) in [5.41, 5.74) is 4.86. The number of para-hydroxylation sites is 1. The molecule has 1 N–H and O–H groups in total. The van der Waals surface area contributed by atoms with Gasteiger partial charge in [0.2, 0.25) is 5.91 Å². The van der Waals surface area contributed by atoms with Gasteiger partial charge >= 0.3 is 0 Å². The highest BCUT2D eigenvalue weighted by molar-refractivity contribution is 5.92. The summed E-state index contributed by atoms with van der Waals surface area (Å²) in [6, 6.07) is 24.1. The minimum Gasteiger partial charge on any atom is -0.373 e. The van der Waals surface area contributed by atoms with E-state index in [0.717, 1.165) is 34.6 Å². The number of benzene rings is 2. The van der Waals surface area contributed by atoms with Crippen molar-refractivity contribution in [2.45, 2.75) is 6.54 Å². The normalized spacial score (nSPS) is 10.9. The molecule has 6 nitrogen and oxygen atoms in total. The fourth-order valence-electron chi connectivity index (χ4n) is 3.52. The number of hydrogen-bond donors (Lipinski definition) is 1. The van der Waals surface area contributed by atoms with Gasteiger partial charge in [0, 0.05) is 61.6 Å². The van der Waals surface area contributed by atoms with Gasteiger partial charge in [-0.3, -0.25) is 14.5 Å². The van der Waals surface area contributed by atoms with Crippen LogP contribution < -0.4 is 10.2 Å². The summed E-state index contributed by atoms with van der Waals surface area (Å²) < 4.78 is 1.89. The molecule has 0 atom stereocenters. The van der Waals surface area contributed by atoms with Crippen LogP contribution in [0.1, 0.15) is 11.1 Å². The topological polar surface area (TPSA) is 63.1 Å². The van der Waals surface area contributed by atoms with Gasteiger partial charge in [-0.1, -0.05) is 48.5 Å². The molecule has 0 aliphatic heterocycles. The first-order valence-corrected chi connectivity index (χ1v) is 10.9. The second-order valence-electron chi connectivity index (χ2n) is 7.74. The van der Waals surface area contributed by atoms with E-state index in [-0.39, 0.29) is 5.91 Å². The molecule has 0 spiro atoms. The maximum atomic E-state index is 12.4. The molecule has 0 radical (unpaired) electrons. The molecule has 0 saturated carbocycles. The number of carbonyl (C=O) groups excluding carboxylic acids is 1. The Hall–Kier alpha value is -4.19. The molecule has 4 aromatic rings. The Labute approximate surface area is 194 Å². The Kier molecular flexibility index (Phi) is 7.28. The molecule has 166 valence electrons. The van der Waals surface area contributed by atoms with E-state index in [0.29, 0.717) is 13.1 Å². The quantitative estimate of drug-likeness (QED) is 0.398. The summed E-state index contributed by atoms with van der Waals surface area (Å²) >= 11 is 0. The van der Waals surface area contributed by atoms with Crippen molar-refractivity contribution in [3.8, 4) is 11.3 Å². The van der Waals surface area contributed by atoms with Crippen molar-refractivity contribution in [1.29, 1.82) is 0 Å². The highest BCUT2D eigenvalue weighted by Gasteiger charge is 2.10. The third kappa shape index (κ3) is 6.17. The van der Waals surface area contributed by atoms with Gasteiger partial charge in [-0.15, -0.1) is 0 Å². The molecular weight excluding hydrogens is 410 g/mol. The largest absolute Gasteiger partial charge is 0.373 e. The van der Waals surface area contributed by atoms with Gasteiger partial charge in [-0.25, -0.2) is 0 Å². The average Bonchev–Trinajstić information content (AvgIpc) is 3.27. The number of nitrogens with zero attached hydrogens (tertiary/aromatic N) is 4. The number of likely N-dealkylation sites (N-methyl/N-ethyl adjacent to an activating group) is 1. The van der Waals surface area contributed by atoms with Crippen LogP contribution in [-0.4, -0.2) is 40.8 Å². The lowest BCUT2D eigenvalue weighted by atomic mass is 10.1. The van der Waals surface area contributed by atoms with E-state index in [1.807, 2.05) is 72.5 Å². The van der Waals surface area contributed by atoms with Crippen molar-refractivity contribution < 1.29 is 4.79 Å². The fourth-order valence-corrected chi connectivity index (χ4v) is 3.52. The first kappa shape index (κ1) is 22.0. The molecule has 6 heteroatoms. The highest BCUT2D eigenvalue weighted by atomic mass is 16.1. The van der Waals surface area contributed by atoms with Crippen molar-refractivity contribution in [3.63, 3.8) is 0 Å². The smallest absolute Gasteiger partial charge is 0.244 e. The fraction of sp³-hybridized carbons (Fsp3) is 0.148. The van der Waals surface area contributed by atoms with Crippen molar-refractivity contribution in [2.75, 3.05) is 25.0 Å². The number of aromatic nitrogens is 3. The standard InChI is InChI=1S/C27H27N5O/c1-31(25-12-6-3-7-13-25)18-17-29-26(33)15-14-24-21-32(20-22-9-4-2-5-10-22)30-27(24)23-11-8-16-28-19-23/h2-16,19,21H,17-18,20H2,1H3,(H,29,33)/b15-14+. The summed E-state index contributed by atoms with van der Waals surface area (Å²) in [5, 5.41) is 7.71. The van der Waals surface area contributed by atoms with Gasteiger partial charge in [-0.05, 0) is 35.9 Å². The van der Waals surface area contributed by atoms with Crippen LogP contribution in [0.5, 0.6) is 0 Å². The Bertz CT molecular complexity index is 1190. The van der Waals surface area contributed by atoms with Crippen LogP contribution in [0.15, 0.2) is 97.5 Å². The van der Waals surface area contributed by atoms with E-state index >= 15 is 0 Å². The van der Waals surface area contributed by atoms with E-state index in [1.165, 1.54) is 0 Å². The molecule has 0 saturated heterocycles. The van der Waals surface area contributed by atoms with Gasteiger partial charge in [-0.2, -0.15) is 5.10 Å². The molecular formula is C27H27N5O. The number of pyridine rings is 1. The van der Waals surface area contributed by atoms with Gasteiger partial charge in [0.15, 0.2) is 0 Å². The van der Waals surface area contributed by atoms with E-state index in [1.54, 1.807) is 18.5 Å². The predicted octanol–water partition coefficient (Wildman–Crippen LogP) is 4.26. The third-order valence-electron chi connectivity index (χ3n) is 5.27. The molecule has 2 aromatic carbocycles. The van der Waals surface area contributed by atoms with Crippen LogP contribution in [0.2, 0.25) is 0 Å². The Morgan fingerprint density at radius 3 is 2.52 bits per heavy atom. The lowest BCUT2D eigenvalue weighted by molar-refractivity contribution is -0.116. The number of amides is 1. The monoisotopic (exact) mass is 437 g/mol. The SMILES string of the molecule is CN(CCNC(=O)/C=C/c1cn(Cc2ccccc2)nc1-c1cccnc1)c1ccccc1. The van der Waals surface area contributed by atoms with Crippen LogP contribution >= 0.6 is 0 Å². The van der Waals surface area contributed by atoms with E-state index in [4.69, 9.17) is 5.10 Å². The zero-order valence-corrected chi connectivity index (χ0v) is 18.6. The minimum absolute atomic E-state index is 0.135. The lowest BCUT2D eigenvalue weighted by Gasteiger charge is -2.19. The van der Waals surface area contributed by atoms with E-state index < -0.39 is 0 Å². The Morgan fingerprint density at radius 1 is 1.03 bits per heavy atom. The second kappa shape index (κ2) is 10.9. The summed E-state index contributed by atoms with van der Waals surface area (Å²) in [4.78, 5) is 18.7. The predicted molar refractivity (Wildman–Crippen MR) is 133 cm³/mol. The van der Waals surface area contributed by atoms with Gasteiger partial charge in [0.25, 0.3) is 0 Å². The molecule has 2 heterocycles. The van der Waals surface area contributed by atoms with Gasteiger partial charge in [0.1, 0.15) is 5.69 Å². The van der Waals surface area contributed by atoms with Crippen molar-refractivity contribution in [1.82, 2.24) is 20.1 Å². The molecule has 33 heavy (non-hydrogen) atoms. The van der Waals surface area contributed by atoms with Crippen molar-refractivity contribution >= 4 is 17.7 Å². The van der Waals surface area contributed by atoms with E-state index in [9.17, 15) is 4.79 Å². The molecule has 0 unspecified atom stereocenters. The Morgan fingerprint density at radius 2 is 1.79 bits per heavy atom. The second-order valence-corrected chi connectivity index (χ2v) is 7.74. The molecule has 0 bridgehead atoms. The van der Waals surface area contributed by atoms with Gasteiger partial charge < -0.3 is 10.2 Å². The lowest BCUT2D eigenvalue weighted by Crippen LogP contribution is -2.31. The summed E-state index contributed by atoms with van der Waals surface area (Å²) in [6.07, 6.45) is 8.85. The highest BCUT2D eigenvalue weighted by Crippen LogP contribution is 2.23. The number of carbonyl (C=O) groups is 1. The summed E-state index contributed by atoms with van der Waals surface area (Å²) in [5.74, 6) is -0.135. The number of anilines is 1. The number of rotatable bonds is 9. The molecule has 0 aliphatic carbocycles. The van der Waals surface area contributed by atoms with Crippen LogP contribution in [0.25, 0.3) is 17.3 Å². The summed E-state index contributed by atoms with van der Waals surface area (Å²) in [6.45, 7) is 1.93. The van der Waals surface area contributed by atoms with Crippen molar-refractivity contribution in [3.05, 3.63) is 109 Å². The molecule has 0 aliphatic rings. The van der Waals surface area contributed by atoms with Crippen LogP contribution in [0, 0.1) is 0 Å². The minimum atomic E-state index is -0.135. The maximum absolute atomic E-state index is 12.4. The first-order chi connectivity index (χ1) is 16.2. The number of nitrogens with one attached hydrogen (secondary N) is 1. The molecule has 2 aromatic heterocycles. The zero-order valence-electron chi connectivity index (χ0n) is 18.6. The molecule has 1 amide bonds. The average molecular weight is 438 g/mol. The van der Waals surface area contributed by atoms with Crippen LogP contribution in [-0.2, 0) is 11.3 Å². The van der Waals surface area contributed by atoms with Crippen molar-refractivity contribution in [2.24, 2.45) is 0 Å². The number of hydrogen-bond acceptors (Lipinski definition) is 4.